The molecule has 1 aliphatic rings. The van der Waals surface area contributed by atoms with E-state index in [1.165, 1.54) is 25.7 Å². The normalized spacial score (nSPS) is 20.6. The van der Waals surface area contributed by atoms with Gasteiger partial charge in [-0.1, -0.05) is 45.4 Å². The first kappa shape index (κ1) is 19.0. The van der Waals surface area contributed by atoms with Gasteiger partial charge in [-0.05, 0) is 39.0 Å². The van der Waals surface area contributed by atoms with Crippen molar-refractivity contribution in [1.29, 1.82) is 0 Å². The quantitative estimate of drug-likeness (QED) is 0.419. The predicted octanol–water partition coefficient (Wildman–Crippen LogP) is 4.70. The Morgan fingerprint density at radius 3 is 2.27 bits per heavy atom. The van der Waals surface area contributed by atoms with Gasteiger partial charge in [0, 0.05) is 6.42 Å². The van der Waals surface area contributed by atoms with Crippen molar-refractivity contribution in [1.82, 2.24) is 0 Å². The maximum atomic E-state index is 11.2. The van der Waals surface area contributed by atoms with E-state index in [1.807, 2.05) is 13.8 Å². The third-order valence-electron chi connectivity index (χ3n) is 5.02. The van der Waals surface area contributed by atoms with Crippen molar-refractivity contribution in [2.24, 2.45) is 5.41 Å². The van der Waals surface area contributed by atoms with Crippen LogP contribution >= 0.6 is 0 Å². The molecule has 0 spiro atoms. The van der Waals surface area contributed by atoms with Crippen LogP contribution in [0.5, 0.6) is 0 Å². The van der Waals surface area contributed by atoms with Gasteiger partial charge in [-0.3, -0.25) is 9.59 Å². The molecule has 22 heavy (non-hydrogen) atoms. The number of unbranched alkanes of at least 4 members (excludes halogenated alkanes) is 6. The summed E-state index contributed by atoms with van der Waals surface area (Å²) in [5, 5.41) is 9.21. The van der Waals surface area contributed by atoms with Crippen molar-refractivity contribution in [2.75, 3.05) is 0 Å². The minimum absolute atomic E-state index is 0.0366. The van der Waals surface area contributed by atoms with Crippen LogP contribution in [-0.4, -0.2) is 23.1 Å². The number of carboxylic acid groups (broad SMARTS) is 1. The van der Waals surface area contributed by atoms with Crippen molar-refractivity contribution in [3.63, 3.8) is 0 Å². The summed E-state index contributed by atoms with van der Waals surface area (Å²) in [5.74, 6) is -0.701. The summed E-state index contributed by atoms with van der Waals surface area (Å²) in [5.41, 5.74) is -0.543. The van der Waals surface area contributed by atoms with E-state index < -0.39 is 11.4 Å². The van der Waals surface area contributed by atoms with Gasteiger partial charge in [-0.2, -0.15) is 0 Å². The minimum Gasteiger partial charge on any atom is -0.481 e. The Morgan fingerprint density at radius 1 is 1.18 bits per heavy atom. The predicted molar refractivity (Wildman–Crippen MR) is 86.7 cm³/mol. The summed E-state index contributed by atoms with van der Waals surface area (Å²) in [6.07, 6.45) is 12.3. The zero-order chi connectivity index (χ0) is 16.4. The highest BCUT2D eigenvalue weighted by atomic mass is 16.5. The molecule has 0 radical (unpaired) electrons. The van der Waals surface area contributed by atoms with E-state index in [-0.39, 0.29) is 12.1 Å². The molecule has 1 rings (SSSR count). The lowest BCUT2D eigenvalue weighted by Crippen LogP contribution is -2.26. The van der Waals surface area contributed by atoms with Crippen LogP contribution in [0.15, 0.2) is 0 Å². The third-order valence-corrected chi connectivity index (χ3v) is 5.02. The van der Waals surface area contributed by atoms with Crippen molar-refractivity contribution in [3.05, 3.63) is 0 Å². The second kappa shape index (κ2) is 9.86. The Bertz CT molecular complexity index is 353. The Morgan fingerprint density at radius 2 is 1.77 bits per heavy atom. The molecule has 2 unspecified atom stereocenters. The number of hydrogen-bond donors (Lipinski definition) is 1. The lowest BCUT2D eigenvalue weighted by Gasteiger charge is -2.22. The van der Waals surface area contributed by atoms with Crippen LogP contribution in [0.3, 0.4) is 0 Å². The fourth-order valence-corrected chi connectivity index (χ4v) is 2.99. The van der Waals surface area contributed by atoms with E-state index >= 15 is 0 Å². The SMILES string of the molecule is CCC(C)(CCCCCCCCCC1CCC(=O)O1)C(=O)O. The van der Waals surface area contributed by atoms with E-state index in [4.69, 9.17) is 4.74 Å². The first-order valence-corrected chi connectivity index (χ1v) is 8.91. The number of cyclic esters (lactones) is 1. The fourth-order valence-electron chi connectivity index (χ4n) is 2.99. The van der Waals surface area contributed by atoms with Gasteiger partial charge in [-0.25, -0.2) is 0 Å². The van der Waals surface area contributed by atoms with Gasteiger partial charge < -0.3 is 9.84 Å². The first-order chi connectivity index (χ1) is 10.5. The van der Waals surface area contributed by atoms with Gasteiger partial charge in [0.05, 0.1) is 5.41 Å². The molecule has 1 aliphatic heterocycles. The van der Waals surface area contributed by atoms with Gasteiger partial charge in [0.1, 0.15) is 6.10 Å². The average molecular weight is 312 g/mol. The molecule has 1 fully saturated rings. The maximum Gasteiger partial charge on any atom is 0.309 e. The van der Waals surface area contributed by atoms with Crippen LogP contribution in [0.2, 0.25) is 0 Å². The maximum absolute atomic E-state index is 11.2. The Balaban J connectivity index is 1.91. The molecular formula is C18H32O4. The number of carbonyl (C=O) groups is 2. The van der Waals surface area contributed by atoms with Gasteiger partial charge >= 0.3 is 11.9 Å². The fraction of sp³-hybridized carbons (Fsp3) is 0.889. The Hall–Kier alpha value is -1.06. The number of ether oxygens (including phenoxy) is 1. The van der Waals surface area contributed by atoms with Crippen molar-refractivity contribution in [2.45, 2.75) is 97.0 Å². The molecule has 0 aliphatic carbocycles. The summed E-state index contributed by atoms with van der Waals surface area (Å²) in [4.78, 5) is 22.2. The van der Waals surface area contributed by atoms with E-state index in [1.54, 1.807) is 0 Å². The average Bonchev–Trinajstić information content (AvgIpc) is 2.90. The molecule has 0 aromatic heterocycles. The van der Waals surface area contributed by atoms with Gasteiger partial charge in [0.15, 0.2) is 0 Å². The standard InChI is InChI=1S/C18H32O4/c1-3-18(2,17(20)21)14-10-8-6-4-5-7-9-11-15-12-13-16(19)22-15/h15H,3-14H2,1-2H3,(H,20,21). The lowest BCUT2D eigenvalue weighted by molar-refractivity contribution is -0.148. The molecular weight excluding hydrogens is 280 g/mol. The van der Waals surface area contributed by atoms with Crippen LogP contribution in [0.25, 0.3) is 0 Å². The zero-order valence-electron chi connectivity index (χ0n) is 14.2. The second-order valence-corrected chi connectivity index (χ2v) is 6.88. The van der Waals surface area contributed by atoms with Crippen molar-refractivity contribution < 1.29 is 19.4 Å². The lowest BCUT2D eigenvalue weighted by atomic mass is 9.82. The molecule has 4 nitrogen and oxygen atoms in total. The van der Waals surface area contributed by atoms with Gasteiger partial charge in [0.2, 0.25) is 0 Å². The first-order valence-electron chi connectivity index (χ1n) is 8.91. The van der Waals surface area contributed by atoms with Gasteiger partial charge in [-0.15, -0.1) is 0 Å². The summed E-state index contributed by atoms with van der Waals surface area (Å²) in [6.45, 7) is 3.81. The summed E-state index contributed by atoms with van der Waals surface area (Å²) >= 11 is 0. The highest BCUT2D eigenvalue weighted by Gasteiger charge is 2.29. The van der Waals surface area contributed by atoms with E-state index in [2.05, 4.69) is 0 Å². The molecule has 4 heteroatoms. The summed E-state index contributed by atoms with van der Waals surface area (Å²) in [6, 6.07) is 0. The number of esters is 1. The number of rotatable bonds is 12. The number of carbonyl (C=O) groups excluding carboxylic acids is 1. The molecule has 1 heterocycles. The highest BCUT2D eigenvalue weighted by Crippen LogP contribution is 2.29. The van der Waals surface area contributed by atoms with Gasteiger partial charge in [0.25, 0.3) is 0 Å². The van der Waals surface area contributed by atoms with Crippen molar-refractivity contribution >= 4 is 11.9 Å². The van der Waals surface area contributed by atoms with Crippen LogP contribution in [0.4, 0.5) is 0 Å². The topological polar surface area (TPSA) is 63.6 Å². The van der Waals surface area contributed by atoms with Crippen LogP contribution in [0, 0.1) is 5.41 Å². The van der Waals surface area contributed by atoms with E-state index in [0.29, 0.717) is 12.8 Å². The van der Waals surface area contributed by atoms with E-state index in [0.717, 1.165) is 38.5 Å². The number of aliphatic carboxylic acids is 1. The van der Waals surface area contributed by atoms with Crippen LogP contribution < -0.4 is 0 Å². The molecule has 0 aromatic carbocycles. The molecule has 0 saturated carbocycles. The molecule has 1 saturated heterocycles. The molecule has 0 amide bonds. The Labute approximate surface area is 134 Å². The van der Waals surface area contributed by atoms with Crippen LogP contribution in [0.1, 0.15) is 90.9 Å². The molecule has 0 bridgehead atoms. The summed E-state index contributed by atoms with van der Waals surface area (Å²) < 4.78 is 5.20. The molecule has 0 aromatic rings. The Kier molecular flexibility index (Phi) is 8.51. The van der Waals surface area contributed by atoms with Crippen LogP contribution in [-0.2, 0) is 14.3 Å². The van der Waals surface area contributed by atoms with Crippen molar-refractivity contribution in [3.8, 4) is 0 Å². The molecule has 128 valence electrons. The molecule has 2 atom stereocenters. The second-order valence-electron chi connectivity index (χ2n) is 6.88. The molecule has 1 N–H and O–H groups in total. The number of carboxylic acids is 1. The smallest absolute Gasteiger partial charge is 0.309 e. The number of hydrogen-bond acceptors (Lipinski definition) is 3. The third kappa shape index (κ3) is 6.80. The monoisotopic (exact) mass is 312 g/mol. The summed E-state index contributed by atoms with van der Waals surface area (Å²) in [7, 11) is 0. The van der Waals surface area contributed by atoms with E-state index in [9.17, 15) is 14.7 Å². The largest absolute Gasteiger partial charge is 0.481 e. The zero-order valence-corrected chi connectivity index (χ0v) is 14.2. The highest BCUT2D eigenvalue weighted by molar-refractivity contribution is 5.73. The minimum atomic E-state index is -0.664.